The van der Waals surface area contributed by atoms with Crippen LogP contribution >= 0.6 is 11.6 Å². The lowest BCUT2D eigenvalue weighted by Crippen LogP contribution is -1.93. The second-order valence-electron chi connectivity index (χ2n) is 3.51. The predicted molar refractivity (Wildman–Crippen MR) is 67.6 cm³/mol. The van der Waals surface area contributed by atoms with Crippen molar-refractivity contribution in [2.24, 2.45) is 0 Å². The molecular formula is C11H9ClN6. The van der Waals surface area contributed by atoms with Crippen molar-refractivity contribution in [1.29, 1.82) is 5.26 Å². The lowest BCUT2D eigenvalue weighted by Gasteiger charge is -2.03. The summed E-state index contributed by atoms with van der Waals surface area (Å²) in [6.07, 6.45) is 1.51. The lowest BCUT2D eigenvalue weighted by atomic mass is 10.2. The van der Waals surface area contributed by atoms with E-state index in [0.29, 0.717) is 5.02 Å². The van der Waals surface area contributed by atoms with Crippen LogP contribution in [0.3, 0.4) is 0 Å². The molecule has 6 nitrogen and oxygen atoms in total. The molecule has 0 aliphatic heterocycles. The molecule has 0 saturated carbocycles. The van der Waals surface area contributed by atoms with Gasteiger partial charge in [-0.05, 0) is 29.8 Å². The number of aromatic nitrogens is 4. The number of H-pyrrole nitrogens is 1. The molecule has 90 valence electrons. The maximum Gasteiger partial charge on any atom is 0.216 e. The first-order valence-corrected chi connectivity index (χ1v) is 5.45. The number of rotatable bonds is 3. The number of hydrogen-bond donors (Lipinski definition) is 2. The van der Waals surface area contributed by atoms with Crippen LogP contribution in [-0.2, 0) is 0 Å². The number of anilines is 1. The number of nitrogens with zero attached hydrogens (tertiary/aromatic N) is 4. The second kappa shape index (κ2) is 5.29. The van der Waals surface area contributed by atoms with Gasteiger partial charge in [0.05, 0.1) is 0 Å². The Bertz CT molecular complexity index is 611. The normalized spacial score (nSPS) is 11.1. The number of allylic oxidation sites excluding steroid dienone is 1. The second-order valence-corrected chi connectivity index (χ2v) is 3.92. The van der Waals surface area contributed by atoms with Gasteiger partial charge in [0.25, 0.3) is 0 Å². The summed E-state index contributed by atoms with van der Waals surface area (Å²) in [5.41, 5.74) is 2.05. The molecule has 0 spiro atoms. The van der Waals surface area contributed by atoms with Crippen LogP contribution in [0.15, 0.2) is 24.4 Å². The van der Waals surface area contributed by atoms with Crippen molar-refractivity contribution in [2.45, 2.75) is 6.92 Å². The van der Waals surface area contributed by atoms with Crippen LogP contribution in [0.5, 0.6) is 0 Å². The highest BCUT2D eigenvalue weighted by Gasteiger charge is 2.05. The van der Waals surface area contributed by atoms with E-state index in [4.69, 9.17) is 16.9 Å². The maximum absolute atomic E-state index is 8.97. The Morgan fingerprint density at radius 2 is 2.39 bits per heavy atom. The van der Waals surface area contributed by atoms with E-state index in [-0.39, 0.29) is 11.4 Å². The first-order valence-electron chi connectivity index (χ1n) is 5.07. The van der Waals surface area contributed by atoms with Gasteiger partial charge in [-0.25, -0.2) is 0 Å². The van der Waals surface area contributed by atoms with Gasteiger partial charge in [-0.3, -0.25) is 0 Å². The molecule has 0 radical (unpaired) electrons. The molecule has 0 bridgehead atoms. The van der Waals surface area contributed by atoms with Gasteiger partial charge in [-0.2, -0.15) is 10.5 Å². The van der Waals surface area contributed by atoms with Gasteiger partial charge in [0.1, 0.15) is 11.6 Å². The number of nitriles is 1. The fourth-order valence-corrected chi connectivity index (χ4v) is 1.44. The van der Waals surface area contributed by atoms with Crippen molar-refractivity contribution in [1.82, 2.24) is 20.6 Å². The fraction of sp³-hybridized carbons (Fsp3) is 0.0909. The molecule has 2 N–H and O–H groups in total. The molecule has 1 heterocycles. The number of halogens is 1. The van der Waals surface area contributed by atoms with Crippen LogP contribution in [0.4, 0.5) is 5.69 Å². The third-order valence-electron chi connectivity index (χ3n) is 2.26. The minimum atomic E-state index is 0.239. The van der Waals surface area contributed by atoms with Gasteiger partial charge < -0.3 is 5.32 Å². The van der Waals surface area contributed by atoms with Gasteiger partial charge in [0, 0.05) is 16.9 Å². The van der Waals surface area contributed by atoms with Crippen molar-refractivity contribution < 1.29 is 0 Å². The molecule has 0 atom stereocenters. The molecule has 0 amide bonds. The summed E-state index contributed by atoms with van der Waals surface area (Å²) >= 11 is 6.00. The van der Waals surface area contributed by atoms with E-state index in [9.17, 15) is 0 Å². The van der Waals surface area contributed by atoms with Crippen LogP contribution < -0.4 is 5.32 Å². The van der Waals surface area contributed by atoms with Gasteiger partial charge in [0.2, 0.25) is 5.82 Å². The van der Waals surface area contributed by atoms with E-state index in [2.05, 4.69) is 25.9 Å². The summed E-state index contributed by atoms with van der Waals surface area (Å²) in [6.45, 7) is 1.92. The predicted octanol–water partition coefficient (Wildman–Crippen LogP) is 2.14. The number of benzene rings is 1. The topological polar surface area (TPSA) is 90.3 Å². The van der Waals surface area contributed by atoms with Gasteiger partial charge >= 0.3 is 0 Å². The zero-order chi connectivity index (χ0) is 13.0. The molecule has 1 aromatic carbocycles. The average molecular weight is 261 g/mol. The van der Waals surface area contributed by atoms with E-state index in [1.807, 2.05) is 25.1 Å². The highest BCUT2D eigenvalue weighted by molar-refractivity contribution is 6.31. The first kappa shape index (κ1) is 12.1. The van der Waals surface area contributed by atoms with Crippen LogP contribution in [0.25, 0.3) is 5.57 Å². The highest BCUT2D eigenvalue weighted by atomic mass is 35.5. The summed E-state index contributed by atoms with van der Waals surface area (Å²) < 4.78 is 0. The number of nitrogens with one attached hydrogen (secondary N) is 2. The van der Waals surface area contributed by atoms with E-state index >= 15 is 0 Å². The quantitative estimate of drug-likeness (QED) is 0.825. The molecule has 18 heavy (non-hydrogen) atoms. The van der Waals surface area contributed by atoms with Crippen molar-refractivity contribution >= 4 is 22.9 Å². The third kappa shape index (κ3) is 2.64. The monoisotopic (exact) mass is 260 g/mol. The molecular weight excluding hydrogens is 252 g/mol. The third-order valence-corrected chi connectivity index (χ3v) is 2.67. The lowest BCUT2D eigenvalue weighted by molar-refractivity contribution is 0.881. The van der Waals surface area contributed by atoms with Crippen molar-refractivity contribution in [2.75, 3.05) is 5.32 Å². The Morgan fingerprint density at radius 1 is 1.56 bits per heavy atom. The Morgan fingerprint density at radius 3 is 3.00 bits per heavy atom. The molecule has 2 rings (SSSR count). The molecule has 0 unspecified atom stereocenters. The van der Waals surface area contributed by atoms with E-state index in [1.54, 1.807) is 6.07 Å². The molecule has 0 fully saturated rings. The van der Waals surface area contributed by atoms with Gasteiger partial charge in [-0.15, -0.1) is 10.2 Å². The minimum absolute atomic E-state index is 0.239. The Balaban J connectivity index is 2.19. The highest BCUT2D eigenvalue weighted by Crippen LogP contribution is 2.20. The van der Waals surface area contributed by atoms with Gasteiger partial charge in [-0.1, -0.05) is 17.7 Å². The van der Waals surface area contributed by atoms with Crippen LogP contribution in [-0.4, -0.2) is 20.6 Å². The fourth-order valence-electron chi connectivity index (χ4n) is 1.26. The largest absolute Gasteiger partial charge is 0.360 e. The summed E-state index contributed by atoms with van der Waals surface area (Å²) in [4.78, 5) is 0. The van der Waals surface area contributed by atoms with E-state index < -0.39 is 0 Å². The van der Waals surface area contributed by atoms with E-state index in [1.165, 1.54) is 6.20 Å². The Hall–Kier alpha value is -2.39. The molecule has 1 aromatic heterocycles. The number of aromatic amines is 1. The number of tetrazole rings is 1. The zero-order valence-corrected chi connectivity index (χ0v) is 10.2. The molecule has 7 heteroatoms. The summed E-state index contributed by atoms with van der Waals surface area (Å²) in [5.74, 6) is 0.239. The first-order chi connectivity index (χ1) is 8.70. The Kier molecular flexibility index (Phi) is 3.55. The van der Waals surface area contributed by atoms with Crippen LogP contribution in [0.1, 0.15) is 11.4 Å². The average Bonchev–Trinajstić information content (AvgIpc) is 2.88. The number of hydrogen-bond acceptors (Lipinski definition) is 5. The standard InChI is InChI=1S/C11H9ClN6/c1-7-2-3-9(4-10(7)12)14-6-8(5-13)11-15-17-18-16-11/h2-4,6,14H,1H3,(H,15,16,17,18). The zero-order valence-electron chi connectivity index (χ0n) is 9.48. The summed E-state index contributed by atoms with van der Waals surface area (Å²) in [5, 5.41) is 25.7. The number of aryl methyl sites for hydroxylation is 1. The summed E-state index contributed by atoms with van der Waals surface area (Å²) in [6, 6.07) is 7.51. The SMILES string of the molecule is Cc1ccc(NC=C(C#N)c2nn[nH]n2)cc1Cl. The molecule has 0 saturated heterocycles. The summed E-state index contributed by atoms with van der Waals surface area (Å²) in [7, 11) is 0. The van der Waals surface area contributed by atoms with Crippen molar-refractivity contribution in [3.05, 3.63) is 40.8 Å². The molecule has 0 aliphatic carbocycles. The van der Waals surface area contributed by atoms with Crippen LogP contribution in [0.2, 0.25) is 5.02 Å². The van der Waals surface area contributed by atoms with Crippen LogP contribution in [0, 0.1) is 18.3 Å². The molecule has 2 aromatic rings. The Labute approximate surface area is 108 Å². The smallest absolute Gasteiger partial charge is 0.216 e. The van der Waals surface area contributed by atoms with Gasteiger partial charge in [0.15, 0.2) is 0 Å². The minimum Gasteiger partial charge on any atom is -0.360 e. The van der Waals surface area contributed by atoms with Crippen molar-refractivity contribution in [3.63, 3.8) is 0 Å². The van der Waals surface area contributed by atoms with E-state index in [0.717, 1.165) is 11.3 Å². The molecule has 0 aliphatic rings. The maximum atomic E-state index is 8.97. The van der Waals surface area contributed by atoms with Crippen molar-refractivity contribution in [3.8, 4) is 6.07 Å².